The summed E-state index contributed by atoms with van der Waals surface area (Å²) in [5, 5.41) is 11.0. The minimum atomic E-state index is -0.210. The van der Waals surface area contributed by atoms with E-state index in [1.807, 2.05) is 32.0 Å². The Labute approximate surface area is 143 Å². The highest BCUT2D eigenvalue weighted by Gasteiger charge is 2.20. The second kappa shape index (κ2) is 6.80. The number of nitrogens with zero attached hydrogens (tertiary/aromatic N) is 3. The summed E-state index contributed by atoms with van der Waals surface area (Å²) < 4.78 is 8.22. The first-order valence-electron chi connectivity index (χ1n) is 7.65. The molecule has 7 heteroatoms. The molecule has 0 bridgehead atoms. The van der Waals surface area contributed by atoms with Gasteiger partial charge < -0.3 is 10.1 Å². The molecule has 3 rings (SSSR count). The number of carbonyl (C=O) groups excluding carboxylic acids is 1. The molecule has 1 aliphatic rings. The van der Waals surface area contributed by atoms with Crippen LogP contribution in [0.4, 0.5) is 0 Å². The molecule has 0 aliphatic carbocycles. The first kappa shape index (κ1) is 16.1. The van der Waals surface area contributed by atoms with Gasteiger partial charge in [0.25, 0.3) is 5.91 Å². The molecule has 122 valence electrons. The third kappa shape index (κ3) is 3.45. The maximum atomic E-state index is 12.3. The van der Waals surface area contributed by atoms with Gasteiger partial charge in [-0.3, -0.25) is 4.79 Å². The van der Waals surface area contributed by atoms with Crippen LogP contribution in [0.15, 0.2) is 22.7 Å². The summed E-state index contributed by atoms with van der Waals surface area (Å²) in [7, 11) is 0. The molecular weight excluding hydrogens is 360 g/mol. The largest absolute Gasteiger partial charge is 0.376 e. The lowest BCUT2D eigenvalue weighted by Gasteiger charge is -2.10. The van der Waals surface area contributed by atoms with Gasteiger partial charge in [-0.1, -0.05) is 21.1 Å². The Balaban J connectivity index is 1.75. The fourth-order valence-corrected chi connectivity index (χ4v) is 2.89. The second-order valence-electron chi connectivity index (χ2n) is 5.71. The molecule has 0 spiro atoms. The lowest BCUT2D eigenvalue weighted by Crippen LogP contribution is -2.32. The topological polar surface area (TPSA) is 69.0 Å². The van der Waals surface area contributed by atoms with Crippen molar-refractivity contribution in [1.29, 1.82) is 0 Å². The molecule has 1 N–H and O–H groups in total. The lowest BCUT2D eigenvalue weighted by molar-refractivity contribution is 0.0853. The first-order chi connectivity index (χ1) is 11.1. The number of aryl methyl sites for hydroxylation is 1. The molecule has 1 atom stereocenters. The Hall–Kier alpha value is -1.73. The van der Waals surface area contributed by atoms with E-state index in [4.69, 9.17) is 4.74 Å². The molecule has 1 aromatic heterocycles. The number of aromatic nitrogens is 3. The molecule has 1 aliphatic heterocycles. The molecule has 0 unspecified atom stereocenters. The summed E-state index contributed by atoms with van der Waals surface area (Å²) in [4.78, 5) is 12.3. The summed E-state index contributed by atoms with van der Waals surface area (Å²) >= 11 is 3.48. The second-order valence-corrected chi connectivity index (χ2v) is 6.57. The maximum absolute atomic E-state index is 12.3. The Kier molecular flexibility index (Phi) is 4.77. The summed E-state index contributed by atoms with van der Waals surface area (Å²) in [6, 6.07) is 5.90. The van der Waals surface area contributed by atoms with Gasteiger partial charge in [-0.05, 0) is 50.5 Å². The fraction of sp³-hybridized carbons (Fsp3) is 0.438. The Morgan fingerprint density at radius 1 is 1.48 bits per heavy atom. The van der Waals surface area contributed by atoms with Crippen molar-refractivity contribution >= 4 is 21.8 Å². The number of benzene rings is 1. The number of hydrogen-bond donors (Lipinski definition) is 1. The molecule has 2 aromatic rings. The van der Waals surface area contributed by atoms with Crippen molar-refractivity contribution < 1.29 is 9.53 Å². The van der Waals surface area contributed by atoms with E-state index < -0.39 is 0 Å². The van der Waals surface area contributed by atoms with Gasteiger partial charge in [-0.25, -0.2) is 4.68 Å². The molecule has 1 amide bonds. The third-order valence-electron chi connectivity index (χ3n) is 4.01. The van der Waals surface area contributed by atoms with Crippen molar-refractivity contribution in [2.75, 3.05) is 13.2 Å². The van der Waals surface area contributed by atoms with Crippen LogP contribution in [0.5, 0.6) is 0 Å². The van der Waals surface area contributed by atoms with Crippen molar-refractivity contribution in [2.45, 2.75) is 32.8 Å². The number of halogens is 1. The van der Waals surface area contributed by atoms with E-state index >= 15 is 0 Å². The monoisotopic (exact) mass is 378 g/mol. The van der Waals surface area contributed by atoms with Gasteiger partial charge in [0.1, 0.15) is 0 Å². The Morgan fingerprint density at radius 2 is 2.30 bits per heavy atom. The van der Waals surface area contributed by atoms with Gasteiger partial charge >= 0.3 is 0 Å². The SMILES string of the molecule is Cc1cc(-n2nnc(C(=O)NC[C@H]3CCCO3)c2C)ccc1Br. The van der Waals surface area contributed by atoms with Gasteiger partial charge in [0.15, 0.2) is 5.69 Å². The van der Waals surface area contributed by atoms with Crippen LogP contribution in [-0.4, -0.2) is 40.2 Å². The summed E-state index contributed by atoms with van der Waals surface area (Å²) in [6.07, 6.45) is 2.16. The summed E-state index contributed by atoms with van der Waals surface area (Å²) in [5.74, 6) is -0.210. The number of hydrogen-bond acceptors (Lipinski definition) is 4. The fourth-order valence-electron chi connectivity index (χ4n) is 2.64. The predicted molar refractivity (Wildman–Crippen MR) is 89.8 cm³/mol. The van der Waals surface area contributed by atoms with E-state index in [1.165, 1.54) is 0 Å². The van der Waals surface area contributed by atoms with Crippen molar-refractivity contribution in [2.24, 2.45) is 0 Å². The average molecular weight is 379 g/mol. The van der Waals surface area contributed by atoms with E-state index in [9.17, 15) is 4.79 Å². The van der Waals surface area contributed by atoms with E-state index in [0.29, 0.717) is 12.2 Å². The molecule has 23 heavy (non-hydrogen) atoms. The quantitative estimate of drug-likeness (QED) is 0.887. The molecule has 0 saturated carbocycles. The number of amides is 1. The number of rotatable bonds is 4. The highest BCUT2D eigenvalue weighted by Crippen LogP contribution is 2.20. The van der Waals surface area contributed by atoms with Crippen LogP contribution in [0.1, 0.15) is 34.6 Å². The number of ether oxygens (including phenoxy) is 1. The molecule has 6 nitrogen and oxygen atoms in total. The normalized spacial score (nSPS) is 17.4. The van der Waals surface area contributed by atoms with Crippen molar-refractivity contribution in [1.82, 2.24) is 20.3 Å². The molecule has 1 aromatic carbocycles. The van der Waals surface area contributed by atoms with Gasteiger partial charge in [0.2, 0.25) is 0 Å². The van der Waals surface area contributed by atoms with Crippen LogP contribution in [-0.2, 0) is 4.74 Å². The van der Waals surface area contributed by atoms with E-state index in [2.05, 4.69) is 31.6 Å². The van der Waals surface area contributed by atoms with Crippen LogP contribution in [0.3, 0.4) is 0 Å². The smallest absolute Gasteiger partial charge is 0.273 e. The Bertz CT molecular complexity index is 723. The molecule has 0 radical (unpaired) electrons. The van der Waals surface area contributed by atoms with Crippen LogP contribution in [0, 0.1) is 13.8 Å². The zero-order chi connectivity index (χ0) is 16.4. The third-order valence-corrected chi connectivity index (χ3v) is 4.90. The minimum Gasteiger partial charge on any atom is -0.376 e. The van der Waals surface area contributed by atoms with Crippen LogP contribution in [0.25, 0.3) is 5.69 Å². The van der Waals surface area contributed by atoms with Crippen molar-refractivity contribution in [3.63, 3.8) is 0 Å². The van der Waals surface area contributed by atoms with E-state index in [-0.39, 0.29) is 12.0 Å². The molecular formula is C16H19BrN4O2. The molecule has 2 heterocycles. The van der Waals surface area contributed by atoms with Crippen molar-refractivity contribution in [3.8, 4) is 5.69 Å². The van der Waals surface area contributed by atoms with Crippen LogP contribution >= 0.6 is 15.9 Å². The van der Waals surface area contributed by atoms with Gasteiger partial charge in [-0.2, -0.15) is 0 Å². The van der Waals surface area contributed by atoms with Gasteiger partial charge in [0, 0.05) is 17.6 Å². The molecule has 1 fully saturated rings. The van der Waals surface area contributed by atoms with Gasteiger partial charge in [0.05, 0.1) is 17.5 Å². The highest BCUT2D eigenvalue weighted by molar-refractivity contribution is 9.10. The predicted octanol–water partition coefficient (Wildman–Crippen LogP) is 2.56. The zero-order valence-electron chi connectivity index (χ0n) is 13.2. The van der Waals surface area contributed by atoms with Crippen molar-refractivity contribution in [3.05, 3.63) is 39.6 Å². The average Bonchev–Trinajstić information content (AvgIpc) is 3.17. The standard InChI is InChI=1S/C16H19BrN4O2/c1-10-8-12(5-6-14(10)17)21-11(2)15(19-20-21)16(22)18-9-13-4-3-7-23-13/h5-6,8,13H,3-4,7,9H2,1-2H3,(H,18,22)/t13-/m1/s1. The number of carbonyl (C=O) groups is 1. The maximum Gasteiger partial charge on any atom is 0.273 e. The summed E-state index contributed by atoms with van der Waals surface area (Å²) in [5.41, 5.74) is 3.05. The zero-order valence-corrected chi connectivity index (χ0v) is 14.8. The number of nitrogens with one attached hydrogen (secondary N) is 1. The van der Waals surface area contributed by atoms with Crippen LogP contribution < -0.4 is 5.32 Å². The first-order valence-corrected chi connectivity index (χ1v) is 8.44. The van der Waals surface area contributed by atoms with E-state index in [1.54, 1.807) is 4.68 Å². The lowest BCUT2D eigenvalue weighted by atomic mass is 10.2. The van der Waals surface area contributed by atoms with E-state index in [0.717, 1.165) is 40.9 Å². The van der Waals surface area contributed by atoms with Crippen LogP contribution in [0.2, 0.25) is 0 Å². The molecule has 1 saturated heterocycles. The highest BCUT2D eigenvalue weighted by atomic mass is 79.9. The van der Waals surface area contributed by atoms with Gasteiger partial charge in [-0.15, -0.1) is 5.10 Å². The minimum absolute atomic E-state index is 0.114. The Morgan fingerprint density at radius 3 is 3.00 bits per heavy atom. The summed E-state index contributed by atoms with van der Waals surface area (Å²) in [6.45, 7) is 5.15.